The summed E-state index contributed by atoms with van der Waals surface area (Å²) in [4.78, 5) is 0. The van der Waals surface area contributed by atoms with Crippen LogP contribution in [-0.4, -0.2) is 13.1 Å². The molecule has 6 heavy (non-hydrogen) atoms. The topological polar surface area (TPSA) is 20.2 Å². The highest BCUT2D eigenvalue weighted by Crippen LogP contribution is 1.95. The summed E-state index contributed by atoms with van der Waals surface area (Å²) in [5.74, 6) is 0.539. The lowest BCUT2D eigenvalue weighted by molar-refractivity contribution is 0.234. The second-order valence-electron chi connectivity index (χ2n) is 1.68. The molecule has 0 aromatic rings. The second-order valence-corrected chi connectivity index (χ2v) is 1.68. The highest BCUT2D eigenvalue weighted by Gasteiger charge is 1.90. The van der Waals surface area contributed by atoms with E-state index in [1.807, 2.05) is 0 Å². The minimum absolute atomic E-state index is 0.539. The first-order chi connectivity index (χ1) is 3.31. The first-order valence-corrected chi connectivity index (χ1v) is 2.39. The Hall–Kier alpha value is -0.0400. The van der Waals surface area contributed by atoms with E-state index in [0.29, 0.717) is 12.5 Å². The second kappa shape index (κ2) is 3.16. The summed E-state index contributed by atoms with van der Waals surface area (Å²) < 4.78 is 6.34. The van der Waals surface area contributed by atoms with Gasteiger partial charge in [-0.2, -0.15) is 0 Å². The number of aliphatic hydroxyl groups excluding tert-OH is 1. The minimum Gasteiger partial charge on any atom is -0.396 e. The quantitative estimate of drug-likeness (QED) is 0.547. The molecule has 0 heterocycles. The van der Waals surface area contributed by atoms with E-state index in [0.717, 1.165) is 6.42 Å². The minimum atomic E-state index is 0.539. The lowest BCUT2D eigenvalue weighted by atomic mass is 10.1. The van der Waals surface area contributed by atoms with Crippen LogP contribution in [0.15, 0.2) is 0 Å². The first-order valence-electron chi connectivity index (χ1n) is 2.80. The summed E-state index contributed by atoms with van der Waals surface area (Å²) in [5, 5.41) is 4.14. The van der Waals surface area contributed by atoms with E-state index in [4.69, 9.17) is 1.43 Å². The van der Waals surface area contributed by atoms with E-state index in [1.165, 1.54) is 0 Å². The van der Waals surface area contributed by atoms with Crippen LogP contribution >= 0.6 is 0 Å². The molecule has 1 nitrogen and oxygen atoms in total. The maximum atomic E-state index is 6.34. The SMILES string of the molecule is [2H]OC[C@H](C)CC. The fraction of sp³-hybridized carbons (Fsp3) is 1.00. The van der Waals surface area contributed by atoms with Gasteiger partial charge < -0.3 is 5.11 Å². The molecule has 0 aliphatic carbocycles. The molecule has 0 fully saturated rings. The maximum Gasteiger partial charge on any atom is 0.210 e. The van der Waals surface area contributed by atoms with Crippen molar-refractivity contribution in [2.24, 2.45) is 5.92 Å². The number of hydrogen-bond donors (Lipinski definition) is 1. The molecular weight excluding hydrogens is 76.1 g/mol. The van der Waals surface area contributed by atoms with Crippen molar-refractivity contribution < 1.29 is 5.11 Å². The van der Waals surface area contributed by atoms with Crippen LogP contribution in [0.2, 0.25) is 0 Å². The van der Waals surface area contributed by atoms with Gasteiger partial charge >= 0.3 is 0 Å². The van der Waals surface area contributed by atoms with Crippen molar-refractivity contribution in [1.82, 2.24) is 0 Å². The predicted octanol–water partition coefficient (Wildman–Crippen LogP) is 1.02. The van der Waals surface area contributed by atoms with E-state index in [9.17, 15) is 0 Å². The summed E-state index contributed by atoms with van der Waals surface area (Å²) in [6.07, 6.45) is 1.10. The average molecular weight is 89.2 g/mol. The lowest BCUT2D eigenvalue weighted by Crippen LogP contribution is -1.96. The molecule has 0 unspecified atom stereocenters. The maximum absolute atomic E-state index is 6.34. The monoisotopic (exact) mass is 89.1 g/mol. The van der Waals surface area contributed by atoms with E-state index in [-0.39, 0.29) is 0 Å². The van der Waals surface area contributed by atoms with Gasteiger partial charge in [-0.05, 0) is 5.92 Å². The molecule has 0 spiro atoms. The molecule has 0 aliphatic rings. The third-order valence-electron chi connectivity index (χ3n) is 0.981. The van der Waals surface area contributed by atoms with Gasteiger partial charge in [-0.3, -0.25) is 0 Å². The molecule has 0 saturated carbocycles. The van der Waals surface area contributed by atoms with Gasteiger partial charge in [0.1, 0.15) is 0 Å². The highest BCUT2D eigenvalue weighted by molar-refractivity contribution is 4.41. The number of rotatable bonds is 3. The van der Waals surface area contributed by atoms with Crippen molar-refractivity contribution in [1.29, 1.82) is 1.43 Å². The molecule has 0 aromatic heterocycles. The average Bonchev–Trinajstić information content (AvgIpc) is 1.68. The molecule has 38 valence electrons. The van der Waals surface area contributed by atoms with Crippen LogP contribution in [0.4, 0.5) is 0 Å². The van der Waals surface area contributed by atoms with Crippen molar-refractivity contribution in [2.75, 3.05) is 6.61 Å². The molecule has 0 aromatic carbocycles. The summed E-state index contributed by atoms with van der Waals surface area (Å²) in [6.45, 7) is 4.72. The van der Waals surface area contributed by atoms with Crippen molar-refractivity contribution in [2.45, 2.75) is 20.3 Å². The Morgan fingerprint density at radius 1 is 2.00 bits per heavy atom. The Labute approximate surface area is 40.5 Å². The Kier molecular flexibility index (Phi) is 2.18. The molecule has 1 heteroatoms. The molecule has 1 atom stereocenters. The van der Waals surface area contributed by atoms with E-state index < -0.39 is 0 Å². The zero-order valence-corrected chi connectivity index (χ0v) is 4.40. The molecule has 0 amide bonds. The molecule has 0 rings (SSSR count). The summed E-state index contributed by atoms with van der Waals surface area (Å²) in [6, 6.07) is 0. The van der Waals surface area contributed by atoms with Gasteiger partial charge in [0.05, 0.1) is 0 Å². The van der Waals surface area contributed by atoms with Gasteiger partial charge in [-0.15, -0.1) is 0 Å². The van der Waals surface area contributed by atoms with Crippen molar-refractivity contribution in [3.63, 3.8) is 0 Å². The normalized spacial score (nSPS) is 16.7. The van der Waals surface area contributed by atoms with Crippen molar-refractivity contribution >= 4 is 0 Å². The van der Waals surface area contributed by atoms with Crippen molar-refractivity contribution in [3.05, 3.63) is 0 Å². The van der Waals surface area contributed by atoms with Crippen LogP contribution in [0.5, 0.6) is 0 Å². The lowest BCUT2D eigenvalue weighted by Gasteiger charge is -1.98. The molecule has 0 saturated heterocycles. The van der Waals surface area contributed by atoms with Crippen LogP contribution in [0, 0.1) is 5.92 Å². The molecule has 0 aliphatic heterocycles. The van der Waals surface area contributed by atoms with E-state index in [1.54, 1.807) is 0 Å². The standard InChI is InChI=1S/C5H12O/c1-3-5(2)4-6/h5-6H,3-4H2,1-2H3/t5-/m1/s1/i6D. The molecule has 0 radical (unpaired) electrons. The number of aliphatic hydroxyl groups is 1. The largest absolute Gasteiger partial charge is 0.396 e. The Morgan fingerprint density at radius 3 is 2.83 bits per heavy atom. The Morgan fingerprint density at radius 2 is 2.67 bits per heavy atom. The Bertz CT molecular complexity index is 39.1. The Balaban J connectivity index is 2.83. The van der Waals surface area contributed by atoms with E-state index in [2.05, 4.69) is 19.0 Å². The third-order valence-corrected chi connectivity index (χ3v) is 0.981. The third kappa shape index (κ3) is 2.21. The number of hydrogen-bond acceptors (Lipinski definition) is 1. The fourth-order valence-corrected chi connectivity index (χ4v) is 0.118. The summed E-state index contributed by atoms with van der Waals surface area (Å²) in [7, 11) is 0. The van der Waals surface area contributed by atoms with Gasteiger partial charge in [-0.25, -0.2) is 0 Å². The van der Waals surface area contributed by atoms with Crippen LogP contribution in [0.1, 0.15) is 20.3 Å². The zero-order chi connectivity index (χ0) is 5.70. The predicted molar refractivity (Wildman–Crippen MR) is 26.5 cm³/mol. The van der Waals surface area contributed by atoms with Crippen LogP contribution in [0.3, 0.4) is 0 Å². The summed E-state index contributed by atoms with van der Waals surface area (Å²) >= 11 is 0. The van der Waals surface area contributed by atoms with Crippen LogP contribution < -0.4 is 0 Å². The molecule has 0 bridgehead atoms. The van der Waals surface area contributed by atoms with Crippen molar-refractivity contribution in [3.8, 4) is 0 Å². The van der Waals surface area contributed by atoms with E-state index >= 15 is 0 Å². The molecule has 1 N–H and O–H groups in total. The van der Waals surface area contributed by atoms with Gasteiger partial charge in [0.2, 0.25) is 1.43 Å². The van der Waals surface area contributed by atoms with Gasteiger partial charge in [-0.1, -0.05) is 20.3 Å². The van der Waals surface area contributed by atoms with Gasteiger partial charge in [0.25, 0.3) is 0 Å². The fourth-order valence-electron chi connectivity index (χ4n) is 0.118. The zero-order valence-electron chi connectivity index (χ0n) is 5.40. The smallest absolute Gasteiger partial charge is 0.210 e. The van der Waals surface area contributed by atoms with Gasteiger partial charge in [0.15, 0.2) is 0 Å². The van der Waals surface area contributed by atoms with Crippen LogP contribution in [-0.2, 0) is 0 Å². The summed E-state index contributed by atoms with van der Waals surface area (Å²) in [5.41, 5.74) is 0. The molecular formula is C5H12O. The van der Waals surface area contributed by atoms with Gasteiger partial charge in [0, 0.05) is 6.61 Å². The first kappa shape index (κ1) is 4.13. The van der Waals surface area contributed by atoms with Crippen LogP contribution in [0.25, 0.3) is 0 Å². The highest BCUT2D eigenvalue weighted by atomic mass is 16.3.